The van der Waals surface area contributed by atoms with Gasteiger partial charge in [0.1, 0.15) is 23.5 Å². The van der Waals surface area contributed by atoms with Crippen molar-refractivity contribution in [1.29, 1.82) is 0 Å². The average Bonchev–Trinajstić information content (AvgIpc) is 3.37. The first-order valence-electron chi connectivity index (χ1n) is 14.2. The fraction of sp³-hybridized carbons (Fsp3) is 0.419. The number of rotatable bonds is 3. The van der Waals surface area contributed by atoms with E-state index in [4.69, 9.17) is 14.2 Å². The largest absolute Gasteiger partial charge is 0.493 e. The molecule has 10 nitrogen and oxygen atoms in total. The second-order valence-electron chi connectivity index (χ2n) is 10.6. The fourth-order valence-corrected chi connectivity index (χ4v) is 5.31. The Labute approximate surface area is 244 Å². The number of amides is 2. The lowest BCUT2D eigenvalue weighted by Gasteiger charge is -2.25. The van der Waals surface area contributed by atoms with Crippen molar-refractivity contribution in [3.8, 4) is 23.1 Å². The maximum atomic E-state index is 14.8. The molecule has 3 aromatic rings. The number of carbonyl (C=O) groups is 2. The number of aromatic nitrogens is 2. The van der Waals surface area contributed by atoms with Gasteiger partial charge in [0.2, 0.25) is 11.8 Å². The Kier molecular flexibility index (Phi) is 9.16. The molecule has 42 heavy (non-hydrogen) atoms. The first-order valence-corrected chi connectivity index (χ1v) is 14.2. The van der Waals surface area contributed by atoms with Crippen LogP contribution >= 0.6 is 0 Å². The second-order valence-corrected chi connectivity index (χ2v) is 10.6. The average molecular weight is 578 g/mol. The molecule has 11 heteroatoms. The molecule has 1 unspecified atom stereocenters. The van der Waals surface area contributed by atoms with Crippen LogP contribution in [0.2, 0.25) is 0 Å². The zero-order chi connectivity index (χ0) is 29.6. The Bertz CT molecular complexity index is 1470. The number of benzene rings is 2. The van der Waals surface area contributed by atoms with Crippen LogP contribution in [0.25, 0.3) is 0 Å². The Morgan fingerprint density at radius 1 is 1.05 bits per heavy atom. The highest BCUT2D eigenvalue weighted by Crippen LogP contribution is 2.35. The summed E-state index contributed by atoms with van der Waals surface area (Å²) >= 11 is 0. The Balaban J connectivity index is 1.32. The summed E-state index contributed by atoms with van der Waals surface area (Å²) in [6, 6.07) is 9.33. The number of fused-ring (bicyclic) bond motifs is 14. The number of carbonyl (C=O) groups excluding carboxylic acids is 2. The molecule has 0 radical (unpaired) electrons. The van der Waals surface area contributed by atoms with E-state index in [-0.39, 0.29) is 42.2 Å². The summed E-state index contributed by atoms with van der Waals surface area (Å²) in [6.45, 7) is 6.28. The number of nitrogens with zero attached hydrogens (tertiary/aromatic N) is 3. The van der Waals surface area contributed by atoms with Gasteiger partial charge in [0.15, 0.2) is 11.5 Å². The minimum atomic E-state index is -0.493. The van der Waals surface area contributed by atoms with E-state index < -0.39 is 5.82 Å². The number of aryl methyl sites for hydroxylation is 2. The molecule has 222 valence electrons. The van der Waals surface area contributed by atoms with E-state index in [2.05, 4.69) is 25.5 Å². The molecule has 3 aliphatic heterocycles. The van der Waals surface area contributed by atoms with E-state index in [0.29, 0.717) is 67.8 Å². The normalized spacial score (nSPS) is 18.3. The molecule has 6 rings (SSSR count). The molecule has 0 aliphatic carbocycles. The van der Waals surface area contributed by atoms with E-state index >= 15 is 0 Å². The van der Waals surface area contributed by atoms with Crippen molar-refractivity contribution in [2.75, 3.05) is 33.3 Å². The Morgan fingerprint density at radius 3 is 2.71 bits per heavy atom. The van der Waals surface area contributed by atoms with E-state index in [0.717, 1.165) is 17.7 Å². The molecular formula is C31H36FN5O5. The van der Waals surface area contributed by atoms with Gasteiger partial charge >= 0.3 is 0 Å². The van der Waals surface area contributed by atoms with Crippen molar-refractivity contribution in [2.45, 2.75) is 52.2 Å². The van der Waals surface area contributed by atoms with Crippen LogP contribution in [0.5, 0.6) is 23.1 Å². The SMILES string of the molecule is COc1cc2ccc1Oc1cccc(F)c1CNC(=O)CCCN(CC1Cc3c(C)nc(C)nc3O1)CCCNC2=O. The zero-order valence-corrected chi connectivity index (χ0v) is 24.2. The van der Waals surface area contributed by atoms with Crippen molar-refractivity contribution in [1.82, 2.24) is 25.5 Å². The number of hydrogen-bond acceptors (Lipinski definition) is 8. The Morgan fingerprint density at radius 2 is 1.88 bits per heavy atom. The summed E-state index contributed by atoms with van der Waals surface area (Å²) in [5.41, 5.74) is 2.61. The van der Waals surface area contributed by atoms with Gasteiger partial charge in [-0.1, -0.05) is 6.07 Å². The summed E-state index contributed by atoms with van der Waals surface area (Å²) in [4.78, 5) is 36.8. The minimum absolute atomic E-state index is 0.0265. The fourth-order valence-electron chi connectivity index (χ4n) is 5.31. The van der Waals surface area contributed by atoms with Crippen LogP contribution in [0, 0.1) is 19.7 Å². The molecule has 1 atom stereocenters. The summed E-state index contributed by atoms with van der Waals surface area (Å²) in [5.74, 6) is 1.34. The van der Waals surface area contributed by atoms with Crippen LogP contribution in [0.3, 0.4) is 0 Å². The van der Waals surface area contributed by atoms with Crippen molar-refractivity contribution in [3.05, 3.63) is 70.4 Å². The number of hydrogen-bond donors (Lipinski definition) is 2. The minimum Gasteiger partial charge on any atom is -0.493 e. The van der Waals surface area contributed by atoms with Crippen molar-refractivity contribution in [2.24, 2.45) is 0 Å². The molecular weight excluding hydrogens is 541 g/mol. The van der Waals surface area contributed by atoms with Gasteiger partial charge in [0.05, 0.1) is 7.11 Å². The van der Waals surface area contributed by atoms with Gasteiger partial charge in [-0.25, -0.2) is 9.37 Å². The first kappa shape index (κ1) is 29.2. The van der Waals surface area contributed by atoms with E-state index in [1.54, 1.807) is 24.3 Å². The topological polar surface area (TPSA) is 115 Å². The van der Waals surface area contributed by atoms with Crippen LogP contribution in [-0.4, -0.2) is 66.1 Å². The van der Waals surface area contributed by atoms with Gasteiger partial charge in [-0.05, 0) is 70.1 Å². The van der Waals surface area contributed by atoms with Crippen LogP contribution in [0.15, 0.2) is 36.4 Å². The monoisotopic (exact) mass is 577 g/mol. The summed E-state index contributed by atoms with van der Waals surface area (Å²) in [5, 5.41) is 5.80. The lowest BCUT2D eigenvalue weighted by atomic mass is 10.1. The van der Waals surface area contributed by atoms with Gasteiger partial charge in [0.25, 0.3) is 5.91 Å². The molecule has 2 N–H and O–H groups in total. The standard InChI is InChI=1S/C31H36FN5O5/c1-19-23-16-22(41-31(23)36-20(2)35-19)18-37-13-5-9-29(38)34-17-24-25(32)7-4-8-26(24)42-27-11-10-21(15-28(27)40-3)30(39)33-12-6-14-37/h4,7-8,10-11,15,22H,5-6,9,12-14,16-18H2,1-3H3,(H,33,39)(H,34,38). The zero-order valence-electron chi connectivity index (χ0n) is 24.2. The number of methoxy groups -OCH3 is 1. The van der Waals surface area contributed by atoms with Gasteiger partial charge in [-0.15, -0.1) is 0 Å². The third kappa shape index (κ3) is 6.96. The highest BCUT2D eigenvalue weighted by atomic mass is 19.1. The van der Waals surface area contributed by atoms with E-state index in [9.17, 15) is 14.0 Å². The predicted octanol–water partition coefficient (Wildman–Crippen LogP) is 3.87. The lowest BCUT2D eigenvalue weighted by Crippen LogP contribution is -2.38. The molecule has 1 aromatic heterocycles. The first-order chi connectivity index (χ1) is 20.3. The summed E-state index contributed by atoms with van der Waals surface area (Å²) in [7, 11) is 1.47. The van der Waals surface area contributed by atoms with Crippen molar-refractivity contribution < 1.29 is 28.2 Å². The highest BCUT2D eigenvalue weighted by molar-refractivity contribution is 5.94. The summed E-state index contributed by atoms with van der Waals surface area (Å²) < 4.78 is 32.4. The van der Waals surface area contributed by atoms with Crippen LogP contribution in [-0.2, 0) is 17.8 Å². The highest BCUT2D eigenvalue weighted by Gasteiger charge is 2.28. The second kappa shape index (κ2) is 13.2. The predicted molar refractivity (Wildman–Crippen MR) is 154 cm³/mol. The Hall–Kier alpha value is -4.25. The number of ether oxygens (including phenoxy) is 3. The molecule has 0 spiro atoms. The molecule has 2 aromatic carbocycles. The third-order valence-electron chi connectivity index (χ3n) is 7.46. The number of nitrogens with one attached hydrogen (secondary N) is 2. The van der Waals surface area contributed by atoms with E-state index in [1.807, 2.05) is 13.8 Å². The third-order valence-corrected chi connectivity index (χ3v) is 7.46. The number of halogens is 1. The van der Waals surface area contributed by atoms with Crippen LogP contribution < -0.4 is 24.8 Å². The maximum Gasteiger partial charge on any atom is 0.251 e. The van der Waals surface area contributed by atoms with Gasteiger partial charge in [-0.3, -0.25) is 14.5 Å². The molecule has 0 saturated heterocycles. The van der Waals surface area contributed by atoms with E-state index in [1.165, 1.54) is 19.2 Å². The molecule has 0 saturated carbocycles. The van der Waals surface area contributed by atoms with Gasteiger partial charge in [-0.2, -0.15) is 4.98 Å². The quantitative estimate of drug-likeness (QED) is 0.482. The smallest absolute Gasteiger partial charge is 0.251 e. The molecule has 4 heterocycles. The summed E-state index contributed by atoms with van der Waals surface area (Å²) in [6.07, 6.45) is 2.24. The van der Waals surface area contributed by atoms with Crippen molar-refractivity contribution >= 4 is 11.8 Å². The molecule has 2 amide bonds. The molecule has 3 aliphatic rings. The van der Waals surface area contributed by atoms with Crippen LogP contribution in [0.1, 0.15) is 52.3 Å². The molecule has 0 fully saturated rings. The van der Waals surface area contributed by atoms with Crippen LogP contribution in [0.4, 0.5) is 4.39 Å². The van der Waals surface area contributed by atoms with Gasteiger partial charge < -0.3 is 24.8 Å². The lowest BCUT2D eigenvalue weighted by molar-refractivity contribution is -0.121. The molecule has 2 bridgehead atoms. The van der Waals surface area contributed by atoms with Crippen molar-refractivity contribution in [3.63, 3.8) is 0 Å². The maximum absolute atomic E-state index is 14.8. The van der Waals surface area contributed by atoms with Gasteiger partial charge in [0, 0.05) is 54.9 Å².